The van der Waals surface area contributed by atoms with Gasteiger partial charge in [0.15, 0.2) is 10.4 Å². The largest absolute Gasteiger partial charge is 0.448 e. The molecule has 1 saturated heterocycles. The van der Waals surface area contributed by atoms with Crippen LogP contribution in [-0.2, 0) is 19.1 Å². The lowest BCUT2D eigenvalue weighted by Crippen LogP contribution is -2.70. The van der Waals surface area contributed by atoms with E-state index >= 15 is 0 Å². The Morgan fingerprint density at radius 1 is 1.07 bits per heavy atom. The highest BCUT2D eigenvalue weighted by molar-refractivity contribution is 8.03. The van der Waals surface area contributed by atoms with Gasteiger partial charge in [-0.2, -0.15) is 0 Å². The van der Waals surface area contributed by atoms with Gasteiger partial charge in [0.25, 0.3) is 5.91 Å². The molecule has 1 N–H and O–H groups in total. The van der Waals surface area contributed by atoms with Crippen molar-refractivity contribution >= 4 is 63.2 Å². The van der Waals surface area contributed by atoms with Crippen LogP contribution < -0.4 is 5.32 Å². The van der Waals surface area contributed by atoms with Gasteiger partial charge in [-0.15, -0.1) is 11.8 Å². The Morgan fingerprint density at radius 3 is 2.37 bits per heavy atom. The number of hydrogen-bond donors (Lipinski definition) is 1. The number of benzene rings is 2. The lowest BCUT2D eigenvalue weighted by atomic mass is 10.0. The number of alkyl carbamates (subject to hydrolysis) is 1. The number of amides is 2. The summed E-state index contributed by atoms with van der Waals surface area (Å²) in [7, 11) is 0. The molecule has 236 valence electrons. The van der Waals surface area contributed by atoms with Crippen LogP contribution in [0, 0.1) is 6.92 Å². The molecule has 2 atom stereocenters. The number of carbonyl (C=O) groups is 3. The number of thioether (sulfide) groups is 2. The number of esters is 1. The molecular weight excluding hydrogens is 641 g/mol. The monoisotopic (exact) mass is 672 g/mol. The first-order valence-electron chi connectivity index (χ1n) is 14.6. The number of carbonyl (C=O) groups excluding carboxylic acids is 3. The Kier molecular flexibility index (Phi) is 9.21. The predicted octanol–water partition coefficient (Wildman–Crippen LogP) is 7.00. The third-order valence-corrected chi connectivity index (χ3v) is 10.4. The normalized spacial score (nSPS) is 18.1. The summed E-state index contributed by atoms with van der Waals surface area (Å²) in [6.07, 6.45) is 2.22. The molecule has 0 radical (unpaired) electrons. The molecular formula is C34H32N4O5S3. The van der Waals surface area contributed by atoms with Crippen LogP contribution in [0.25, 0.3) is 10.3 Å². The van der Waals surface area contributed by atoms with Crippen molar-refractivity contribution in [1.29, 1.82) is 0 Å². The molecule has 2 aromatic carbocycles. The summed E-state index contributed by atoms with van der Waals surface area (Å²) < 4.78 is 12.4. The fraction of sp³-hybridized carbons (Fsp3) is 0.265. The molecule has 4 heterocycles. The van der Waals surface area contributed by atoms with Gasteiger partial charge in [0.2, 0.25) is 0 Å². The number of allylic oxidation sites excluding steroid dienone is 1. The number of aryl methyl sites for hydroxylation is 1. The molecule has 2 amide bonds. The smallest absolute Gasteiger partial charge is 0.408 e. The van der Waals surface area contributed by atoms with E-state index in [1.807, 2.05) is 85.1 Å². The van der Waals surface area contributed by atoms with E-state index in [1.165, 1.54) is 39.8 Å². The average Bonchev–Trinajstić information content (AvgIpc) is 3.46. The van der Waals surface area contributed by atoms with E-state index in [1.54, 1.807) is 27.0 Å². The van der Waals surface area contributed by atoms with Gasteiger partial charge in [-0.3, -0.25) is 9.69 Å². The van der Waals surface area contributed by atoms with Gasteiger partial charge in [0.05, 0.1) is 0 Å². The second kappa shape index (κ2) is 13.3. The number of thiazole rings is 1. The van der Waals surface area contributed by atoms with Crippen LogP contribution in [0.3, 0.4) is 0 Å². The number of pyridine rings is 1. The zero-order valence-corrected chi connectivity index (χ0v) is 28.1. The first-order chi connectivity index (χ1) is 22.1. The van der Waals surface area contributed by atoms with Gasteiger partial charge in [-0.05, 0) is 67.5 Å². The van der Waals surface area contributed by atoms with Crippen LogP contribution in [0.15, 0.2) is 100 Å². The Hall–Kier alpha value is -4.13. The first kappa shape index (κ1) is 31.8. The average molecular weight is 673 g/mol. The first-order valence-corrected chi connectivity index (χ1v) is 17.4. The molecule has 4 aromatic rings. The number of fused-ring (bicyclic) bond motifs is 2. The summed E-state index contributed by atoms with van der Waals surface area (Å²) >= 11 is 4.37. The summed E-state index contributed by atoms with van der Waals surface area (Å²) in [6, 6.07) is 20.1. The number of aromatic nitrogens is 2. The summed E-state index contributed by atoms with van der Waals surface area (Å²) in [5.74, 6) is -0.613. The molecule has 1 fully saturated rings. The lowest BCUT2D eigenvalue weighted by Gasteiger charge is -2.49. The minimum Gasteiger partial charge on any atom is -0.448 e. The van der Waals surface area contributed by atoms with Crippen LogP contribution in [-0.4, -0.2) is 55.6 Å². The van der Waals surface area contributed by atoms with E-state index in [-0.39, 0.29) is 5.70 Å². The highest BCUT2D eigenvalue weighted by Gasteiger charge is 2.54. The fourth-order valence-corrected chi connectivity index (χ4v) is 8.23. The van der Waals surface area contributed by atoms with Crippen molar-refractivity contribution in [3.8, 4) is 0 Å². The van der Waals surface area contributed by atoms with Gasteiger partial charge < -0.3 is 14.8 Å². The molecule has 9 nitrogen and oxygen atoms in total. The quantitative estimate of drug-likeness (QED) is 0.120. The van der Waals surface area contributed by atoms with Crippen LogP contribution in [0.1, 0.15) is 43.6 Å². The summed E-state index contributed by atoms with van der Waals surface area (Å²) in [5, 5.41) is 4.06. The second-order valence-electron chi connectivity index (χ2n) is 11.7. The van der Waals surface area contributed by atoms with Crippen molar-refractivity contribution in [3.05, 3.63) is 112 Å². The maximum Gasteiger partial charge on any atom is 0.408 e. The Morgan fingerprint density at radius 2 is 1.74 bits per heavy atom. The van der Waals surface area contributed by atoms with Crippen molar-refractivity contribution < 1.29 is 23.9 Å². The maximum absolute atomic E-state index is 14.2. The molecule has 0 aliphatic carbocycles. The molecule has 2 aliphatic rings. The third-order valence-electron chi connectivity index (χ3n) is 7.21. The lowest BCUT2D eigenvalue weighted by molar-refractivity contribution is -0.153. The highest BCUT2D eigenvalue weighted by atomic mass is 32.2. The van der Waals surface area contributed by atoms with Crippen LogP contribution in [0.5, 0.6) is 0 Å². The Bertz CT molecular complexity index is 1800. The van der Waals surface area contributed by atoms with Gasteiger partial charge in [-0.25, -0.2) is 19.6 Å². The molecule has 12 heteroatoms. The van der Waals surface area contributed by atoms with Crippen molar-refractivity contribution in [1.82, 2.24) is 20.2 Å². The fourth-order valence-electron chi connectivity index (χ4n) is 5.10. The van der Waals surface area contributed by atoms with Crippen LogP contribution >= 0.6 is 34.9 Å². The second-order valence-corrected chi connectivity index (χ2v) is 14.9. The standard InChI is InChI=1S/C34H32N4O5S3/c1-20-15-17-35-28-24(20)37-33(46-28)44-18-16-23-19-45-30-25(36-32(41)43-34(2,3)4)29(39)38(30)26(23)31(40)42-27(21-11-7-5-8-12-21)22-13-9-6-10-14-22/h5-18,25,27,30H,19H2,1-4H3,(H,36,41)/b18-16+/t25-,30-/m1/s1. The molecule has 6 rings (SSSR count). The summed E-state index contributed by atoms with van der Waals surface area (Å²) in [5.41, 5.74) is 3.60. The molecule has 0 bridgehead atoms. The number of hydrogen-bond acceptors (Lipinski definition) is 10. The Balaban J connectivity index is 1.30. The van der Waals surface area contributed by atoms with E-state index in [2.05, 4.69) is 10.3 Å². The minimum absolute atomic E-state index is 0.159. The number of β-lactam (4-membered cyclic amide) rings is 1. The van der Waals surface area contributed by atoms with Crippen LogP contribution in [0.2, 0.25) is 0 Å². The number of nitrogens with one attached hydrogen (secondary N) is 1. The van der Waals surface area contributed by atoms with Crippen molar-refractivity contribution in [3.63, 3.8) is 0 Å². The zero-order valence-electron chi connectivity index (χ0n) is 25.6. The topological polar surface area (TPSA) is 111 Å². The molecule has 0 saturated carbocycles. The molecule has 0 spiro atoms. The molecule has 46 heavy (non-hydrogen) atoms. The molecule has 2 aliphatic heterocycles. The minimum atomic E-state index is -0.833. The Labute approximate surface area is 279 Å². The van der Waals surface area contributed by atoms with Gasteiger partial charge in [0, 0.05) is 11.9 Å². The van der Waals surface area contributed by atoms with E-state index in [4.69, 9.17) is 14.5 Å². The van der Waals surface area contributed by atoms with Crippen LogP contribution in [0.4, 0.5) is 4.79 Å². The summed E-state index contributed by atoms with van der Waals surface area (Å²) in [6.45, 7) is 7.27. The predicted molar refractivity (Wildman–Crippen MR) is 181 cm³/mol. The maximum atomic E-state index is 14.2. The SMILES string of the molecule is Cc1ccnc2sc(S/C=C/C3=C(C(=O)OC(c4ccccc4)c4ccccc4)N4C(=O)[C@@H](NC(=O)OC(C)(C)C)[C@H]4SC3)nc12. The number of ether oxygens (including phenoxy) is 2. The van der Waals surface area contributed by atoms with Gasteiger partial charge >= 0.3 is 12.1 Å². The van der Waals surface area contributed by atoms with E-state index in [9.17, 15) is 14.4 Å². The number of rotatable bonds is 8. The zero-order chi connectivity index (χ0) is 32.4. The van der Waals surface area contributed by atoms with E-state index in [0.29, 0.717) is 11.3 Å². The molecule has 0 unspecified atom stereocenters. The van der Waals surface area contributed by atoms with E-state index < -0.39 is 41.1 Å². The highest BCUT2D eigenvalue weighted by Crippen LogP contribution is 2.42. The van der Waals surface area contributed by atoms with Gasteiger partial charge in [-0.1, -0.05) is 83.8 Å². The van der Waals surface area contributed by atoms with Crippen molar-refractivity contribution in [2.45, 2.75) is 55.2 Å². The summed E-state index contributed by atoms with van der Waals surface area (Å²) in [4.78, 5) is 51.7. The molecule has 2 aromatic heterocycles. The third kappa shape index (κ3) is 6.84. The van der Waals surface area contributed by atoms with Gasteiger partial charge in [0.1, 0.15) is 33.1 Å². The van der Waals surface area contributed by atoms with Crippen molar-refractivity contribution in [2.24, 2.45) is 0 Å². The van der Waals surface area contributed by atoms with Crippen molar-refractivity contribution in [2.75, 3.05) is 5.75 Å². The number of nitrogens with zero attached hydrogens (tertiary/aromatic N) is 3. The van der Waals surface area contributed by atoms with E-state index in [0.717, 1.165) is 31.4 Å².